The van der Waals surface area contributed by atoms with Crippen molar-refractivity contribution >= 4 is 24.8 Å². The summed E-state index contributed by atoms with van der Waals surface area (Å²) >= 11 is 0. The van der Waals surface area contributed by atoms with Gasteiger partial charge in [-0.05, 0) is 64.3 Å². The zero-order valence-corrected chi connectivity index (χ0v) is 19.3. The molecule has 1 atom stereocenters. The van der Waals surface area contributed by atoms with Crippen LogP contribution in [-0.2, 0) is 6.54 Å². The first kappa shape index (κ1) is 25.6. The van der Waals surface area contributed by atoms with Gasteiger partial charge in [-0.3, -0.25) is 4.90 Å². The Morgan fingerprint density at radius 2 is 1.97 bits per heavy atom. The van der Waals surface area contributed by atoms with E-state index in [1.807, 2.05) is 26.0 Å². The Balaban J connectivity index is 0.00000210. The van der Waals surface area contributed by atoms with Gasteiger partial charge in [0.1, 0.15) is 17.3 Å². The molecule has 1 fully saturated rings. The molecule has 2 heterocycles. The third-order valence-electron chi connectivity index (χ3n) is 5.45. The van der Waals surface area contributed by atoms with E-state index in [9.17, 15) is 0 Å². The van der Waals surface area contributed by atoms with Gasteiger partial charge in [0, 0.05) is 18.7 Å². The van der Waals surface area contributed by atoms with Gasteiger partial charge in [0.05, 0.1) is 25.5 Å². The second-order valence-electron chi connectivity index (χ2n) is 7.32. The molecule has 164 valence electrons. The van der Waals surface area contributed by atoms with Crippen LogP contribution in [0.3, 0.4) is 0 Å². The molecular weight excluding hydrogens is 413 g/mol. The Morgan fingerprint density at radius 3 is 2.62 bits per heavy atom. The number of hydrogen-bond acceptors (Lipinski definition) is 6. The maximum atomic E-state index is 6.01. The molecule has 0 radical (unpaired) electrons. The van der Waals surface area contributed by atoms with Gasteiger partial charge in [0.15, 0.2) is 0 Å². The number of nitrogens with two attached hydrogens (primary N) is 1. The monoisotopic (exact) mass is 445 g/mol. The number of aromatic nitrogens is 1. The van der Waals surface area contributed by atoms with Crippen LogP contribution in [0.1, 0.15) is 36.3 Å². The first-order valence-electron chi connectivity index (χ1n) is 9.68. The van der Waals surface area contributed by atoms with Gasteiger partial charge in [-0.15, -0.1) is 24.8 Å². The molecule has 6 nitrogen and oxygen atoms in total. The highest BCUT2D eigenvalue weighted by molar-refractivity contribution is 5.85. The average molecular weight is 446 g/mol. The minimum absolute atomic E-state index is 0. The predicted molar refractivity (Wildman–Crippen MR) is 121 cm³/mol. The van der Waals surface area contributed by atoms with Gasteiger partial charge >= 0.3 is 0 Å². The second-order valence-corrected chi connectivity index (χ2v) is 7.32. The number of ether oxygens (including phenoxy) is 2. The number of rotatable bonds is 7. The molecule has 0 saturated carbocycles. The Labute approximate surface area is 186 Å². The molecule has 8 heteroatoms. The molecule has 1 unspecified atom stereocenters. The molecule has 29 heavy (non-hydrogen) atoms. The van der Waals surface area contributed by atoms with Crippen molar-refractivity contribution in [3.8, 4) is 23.0 Å². The Hall–Kier alpha value is -1.47. The van der Waals surface area contributed by atoms with Crippen LogP contribution in [0, 0.1) is 19.8 Å². The van der Waals surface area contributed by atoms with Crippen LogP contribution in [0.5, 0.6) is 11.5 Å². The minimum atomic E-state index is 0. The molecule has 3 rings (SSSR count). The van der Waals surface area contributed by atoms with E-state index in [1.54, 1.807) is 14.2 Å². The summed E-state index contributed by atoms with van der Waals surface area (Å²) in [5.74, 6) is 3.68. The van der Waals surface area contributed by atoms with Crippen molar-refractivity contribution in [3.63, 3.8) is 0 Å². The molecule has 0 spiro atoms. The quantitative estimate of drug-likeness (QED) is 0.681. The number of methoxy groups -OCH3 is 2. The molecule has 0 amide bonds. The smallest absolute Gasteiger partial charge is 0.230 e. The Kier molecular flexibility index (Phi) is 10.3. The lowest BCUT2D eigenvalue weighted by Gasteiger charge is -2.32. The predicted octanol–water partition coefficient (Wildman–Crippen LogP) is 4.38. The van der Waals surface area contributed by atoms with Crippen LogP contribution in [-0.4, -0.2) is 43.7 Å². The fraction of sp³-hybridized carbons (Fsp3) is 0.571. The summed E-state index contributed by atoms with van der Waals surface area (Å²) in [5, 5.41) is 0. The number of aryl methyl sites for hydroxylation is 1. The van der Waals surface area contributed by atoms with Crippen molar-refractivity contribution in [1.82, 2.24) is 9.88 Å². The van der Waals surface area contributed by atoms with Crippen LogP contribution in [0.4, 0.5) is 0 Å². The SMILES string of the molecule is COc1ccc(-c2nc(CN3CCCC(CCN)C3)c(C)o2)c(OC)c1C.Cl.Cl. The van der Waals surface area contributed by atoms with Crippen LogP contribution in [0.15, 0.2) is 16.5 Å². The summed E-state index contributed by atoms with van der Waals surface area (Å²) in [7, 11) is 3.32. The highest BCUT2D eigenvalue weighted by Gasteiger charge is 2.23. The topological polar surface area (TPSA) is 73.8 Å². The molecule has 1 aromatic carbocycles. The van der Waals surface area contributed by atoms with Crippen LogP contribution >= 0.6 is 24.8 Å². The van der Waals surface area contributed by atoms with E-state index in [4.69, 9.17) is 24.6 Å². The van der Waals surface area contributed by atoms with E-state index in [0.29, 0.717) is 11.8 Å². The first-order chi connectivity index (χ1) is 13.1. The highest BCUT2D eigenvalue weighted by Crippen LogP contribution is 2.38. The van der Waals surface area contributed by atoms with Crippen molar-refractivity contribution < 1.29 is 13.9 Å². The van der Waals surface area contributed by atoms with Gasteiger partial charge in [-0.1, -0.05) is 0 Å². The maximum absolute atomic E-state index is 6.01. The summed E-state index contributed by atoms with van der Waals surface area (Å²) < 4.78 is 17.0. The van der Waals surface area contributed by atoms with Crippen molar-refractivity contribution in [2.24, 2.45) is 11.7 Å². The Bertz CT molecular complexity index is 781. The normalized spacial score (nSPS) is 16.7. The lowest BCUT2D eigenvalue weighted by Crippen LogP contribution is -2.35. The molecule has 2 N–H and O–H groups in total. The second kappa shape index (κ2) is 11.6. The molecular formula is C21H33Cl2N3O3. The van der Waals surface area contributed by atoms with E-state index in [2.05, 4.69) is 4.90 Å². The van der Waals surface area contributed by atoms with Crippen LogP contribution < -0.4 is 15.2 Å². The number of hydrogen-bond donors (Lipinski definition) is 1. The van der Waals surface area contributed by atoms with E-state index in [0.717, 1.165) is 66.7 Å². The minimum Gasteiger partial charge on any atom is -0.496 e. The molecule has 1 saturated heterocycles. The van der Waals surface area contributed by atoms with Gasteiger partial charge in [-0.25, -0.2) is 4.98 Å². The molecule has 0 aliphatic carbocycles. The van der Waals surface area contributed by atoms with Crippen molar-refractivity contribution in [2.75, 3.05) is 33.9 Å². The number of halogens is 2. The largest absolute Gasteiger partial charge is 0.496 e. The van der Waals surface area contributed by atoms with Crippen molar-refractivity contribution in [1.29, 1.82) is 0 Å². The zero-order valence-electron chi connectivity index (χ0n) is 17.7. The van der Waals surface area contributed by atoms with Gasteiger partial charge < -0.3 is 19.6 Å². The lowest BCUT2D eigenvalue weighted by atomic mass is 9.95. The van der Waals surface area contributed by atoms with Gasteiger partial charge in [-0.2, -0.15) is 0 Å². The maximum Gasteiger partial charge on any atom is 0.230 e. The number of nitrogens with zero attached hydrogens (tertiary/aromatic N) is 2. The summed E-state index contributed by atoms with van der Waals surface area (Å²) in [4.78, 5) is 7.26. The average Bonchev–Trinajstić information content (AvgIpc) is 3.02. The van der Waals surface area contributed by atoms with Crippen molar-refractivity contribution in [3.05, 3.63) is 29.2 Å². The molecule has 0 bridgehead atoms. The van der Waals surface area contributed by atoms with Crippen molar-refractivity contribution in [2.45, 2.75) is 39.7 Å². The molecule has 1 aliphatic rings. The lowest BCUT2D eigenvalue weighted by molar-refractivity contribution is 0.161. The molecule has 1 aromatic heterocycles. The number of piperidine rings is 1. The van der Waals surface area contributed by atoms with E-state index >= 15 is 0 Å². The highest BCUT2D eigenvalue weighted by atomic mass is 35.5. The van der Waals surface area contributed by atoms with Gasteiger partial charge in [0.2, 0.25) is 5.89 Å². The third-order valence-corrected chi connectivity index (χ3v) is 5.45. The van der Waals surface area contributed by atoms with E-state index < -0.39 is 0 Å². The number of oxazole rings is 1. The summed E-state index contributed by atoms with van der Waals surface area (Å²) in [5.41, 5.74) is 8.53. The van der Waals surface area contributed by atoms with Crippen LogP contribution in [0.2, 0.25) is 0 Å². The van der Waals surface area contributed by atoms with E-state index in [1.165, 1.54) is 12.8 Å². The molecule has 1 aliphatic heterocycles. The standard InChI is InChI=1S/C21H31N3O3.2ClH/c1-14-19(25-3)8-7-17(20(14)26-4)21-23-18(15(2)27-21)13-24-11-5-6-16(12-24)9-10-22;;/h7-8,16H,5-6,9-13,22H2,1-4H3;2*1H. The number of likely N-dealkylation sites (tertiary alicyclic amines) is 1. The van der Waals surface area contributed by atoms with Crippen LogP contribution in [0.25, 0.3) is 11.5 Å². The summed E-state index contributed by atoms with van der Waals surface area (Å²) in [6.45, 7) is 7.73. The summed E-state index contributed by atoms with van der Waals surface area (Å²) in [6.07, 6.45) is 3.60. The fourth-order valence-electron chi connectivity index (χ4n) is 3.99. The Morgan fingerprint density at radius 1 is 1.21 bits per heavy atom. The number of benzene rings is 1. The van der Waals surface area contributed by atoms with Gasteiger partial charge in [0.25, 0.3) is 0 Å². The zero-order chi connectivity index (χ0) is 19.4. The van der Waals surface area contributed by atoms with E-state index in [-0.39, 0.29) is 24.8 Å². The summed E-state index contributed by atoms with van der Waals surface area (Å²) in [6, 6.07) is 3.87. The first-order valence-corrected chi connectivity index (χ1v) is 9.68. The molecule has 2 aromatic rings. The fourth-order valence-corrected chi connectivity index (χ4v) is 3.99. The third kappa shape index (κ3) is 5.79.